The van der Waals surface area contributed by atoms with Gasteiger partial charge in [0.05, 0.1) is 16.9 Å². The SMILES string of the molecule is Cc1ccc(N(C)C(=O)c2ccc(-c3ccccc3C)cc2NC=O)c(O)c1. The Hall–Kier alpha value is -3.60. The zero-order valence-electron chi connectivity index (χ0n) is 16.1. The highest BCUT2D eigenvalue weighted by molar-refractivity contribution is 6.11. The maximum absolute atomic E-state index is 13.1. The summed E-state index contributed by atoms with van der Waals surface area (Å²) >= 11 is 0. The lowest BCUT2D eigenvalue weighted by molar-refractivity contribution is -0.105. The van der Waals surface area contributed by atoms with E-state index >= 15 is 0 Å². The lowest BCUT2D eigenvalue weighted by atomic mass is 9.98. The largest absolute Gasteiger partial charge is 0.506 e. The number of hydrogen-bond acceptors (Lipinski definition) is 3. The van der Waals surface area contributed by atoms with Gasteiger partial charge in [0.25, 0.3) is 5.91 Å². The van der Waals surface area contributed by atoms with Crippen LogP contribution in [0, 0.1) is 13.8 Å². The predicted octanol–water partition coefficient (Wildman–Crippen LogP) is 4.52. The van der Waals surface area contributed by atoms with Crippen LogP contribution in [-0.2, 0) is 4.79 Å². The second-order valence-electron chi connectivity index (χ2n) is 6.69. The summed E-state index contributed by atoms with van der Waals surface area (Å²) in [4.78, 5) is 25.5. The lowest BCUT2D eigenvalue weighted by Crippen LogP contribution is -2.27. The van der Waals surface area contributed by atoms with Crippen molar-refractivity contribution >= 4 is 23.7 Å². The zero-order valence-corrected chi connectivity index (χ0v) is 16.1. The molecule has 3 rings (SSSR count). The molecule has 0 aliphatic rings. The molecule has 0 aliphatic carbocycles. The van der Waals surface area contributed by atoms with Crippen molar-refractivity contribution in [1.82, 2.24) is 0 Å². The standard InChI is InChI=1S/C23H22N2O3/c1-15-8-11-21(22(27)12-15)25(3)23(28)19-10-9-17(13-20(19)24-14-26)18-7-5-4-6-16(18)2/h4-14,27H,1-3H3,(H,24,26). The van der Waals surface area contributed by atoms with Crippen molar-refractivity contribution in [3.63, 3.8) is 0 Å². The summed E-state index contributed by atoms with van der Waals surface area (Å²) < 4.78 is 0. The Kier molecular flexibility index (Phi) is 5.45. The second kappa shape index (κ2) is 7.96. The van der Waals surface area contributed by atoms with Gasteiger partial charge in [-0.25, -0.2) is 0 Å². The fraction of sp³-hybridized carbons (Fsp3) is 0.130. The van der Waals surface area contributed by atoms with Gasteiger partial charge >= 0.3 is 0 Å². The molecule has 142 valence electrons. The van der Waals surface area contributed by atoms with Crippen LogP contribution < -0.4 is 10.2 Å². The molecule has 0 atom stereocenters. The molecule has 0 fully saturated rings. The third-order valence-corrected chi connectivity index (χ3v) is 4.72. The molecule has 0 saturated heterocycles. The smallest absolute Gasteiger partial charge is 0.260 e. The fourth-order valence-corrected chi connectivity index (χ4v) is 3.19. The molecule has 0 aliphatic heterocycles. The zero-order chi connectivity index (χ0) is 20.3. The number of nitrogens with one attached hydrogen (secondary N) is 1. The quantitative estimate of drug-likeness (QED) is 0.645. The van der Waals surface area contributed by atoms with Crippen LogP contribution in [-0.4, -0.2) is 24.5 Å². The van der Waals surface area contributed by atoms with Gasteiger partial charge in [0.1, 0.15) is 5.75 Å². The first-order chi connectivity index (χ1) is 13.4. The average Bonchev–Trinajstić information content (AvgIpc) is 2.67. The van der Waals surface area contributed by atoms with Crippen molar-refractivity contribution < 1.29 is 14.7 Å². The molecule has 2 amide bonds. The monoisotopic (exact) mass is 374 g/mol. The van der Waals surface area contributed by atoms with E-state index in [9.17, 15) is 14.7 Å². The third-order valence-electron chi connectivity index (χ3n) is 4.72. The van der Waals surface area contributed by atoms with Gasteiger partial charge in [-0.1, -0.05) is 36.4 Å². The Morgan fingerprint density at radius 1 is 1.04 bits per heavy atom. The van der Waals surface area contributed by atoms with Crippen LogP contribution in [0.15, 0.2) is 60.7 Å². The summed E-state index contributed by atoms with van der Waals surface area (Å²) in [7, 11) is 1.59. The maximum Gasteiger partial charge on any atom is 0.260 e. The van der Waals surface area contributed by atoms with E-state index in [0.717, 1.165) is 22.3 Å². The number of rotatable bonds is 5. The van der Waals surface area contributed by atoms with E-state index in [1.165, 1.54) is 4.90 Å². The molecule has 0 saturated carbocycles. The van der Waals surface area contributed by atoms with Crippen molar-refractivity contribution in [2.75, 3.05) is 17.3 Å². The van der Waals surface area contributed by atoms with E-state index in [-0.39, 0.29) is 11.7 Å². The normalized spacial score (nSPS) is 10.4. The first-order valence-electron chi connectivity index (χ1n) is 8.90. The summed E-state index contributed by atoms with van der Waals surface area (Å²) in [5.74, 6) is -0.308. The van der Waals surface area contributed by atoms with Gasteiger partial charge in [-0.15, -0.1) is 0 Å². The number of anilines is 2. The highest BCUT2D eigenvalue weighted by Crippen LogP contribution is 2.32. The third kappa shape index (κ3) is 3.74. The van der Waals surface area contributed by atoms with E-state index in [4.69, 9.17) is 0 Å². The average molecular weight is 374 g/mol. The van der Waals surface area contributed by atoms with Gasteiger partial charge in [-0.05, 0) is 60.4 Å². The number of carbonyl (C=O) groups excluding carboxylic acids is 2. The number of benzene rings is 3. The molecule has 0 heterocycles. The van der Waals surface area contributed by atoms with Crippen molar-refractivity contribution in [1.29, 1.82) is 0 Å². The van der Waals surface area contributed by atoms with Gasteiger partial charge in [-0.3, -0.25) is 9.59 Å². The topological polar surface area (TPSA) is 69.6 Å². The molecule has 5 heteroatoms. The number of phenolic OH excluding ortho intramolecular Hbond substituents is 1. The number of aryl methyl sites for hydroxylation is 2. The molecule has 2 N–H and O–H groups in total. The van der Waals surface area contributed by atoms with Gasteiger partial charge in [0, 0.05) is 7.05 Å². The van der Waals surface area contributed by atoms with E-state index in [1.54, 1.807) is 31.3 Å². The van der Waals surface area contributed by atoms with E-state index < -0.39 is 0 Å². The summed E-state index contributed by atoms with van der Waals surface area (Å²) in [6.07, 6.45) is 0.553. The first kappa shape index (κ1) is 19.2. The van der Waals surface area contributed by atoms with Crippen LogP contribution in [0.5, 0.6) is 5.75 Å². The molecule has 0 bridgehead atoms. The Balaban J connectivity index is 2.02. The summed E-state index contributed by atoms with van der Waals surface area (Å²) in [5.41, 5.74) is 5.08. The van der Waals surface area contributed by atoms with Gasteiger partial charge in [0.15, 0.2) is 0 Å². The van der Waals surface area contributed by atoms with Crippen LogP contribution in [0.3, 0.4) is 0 Å². The minimum Gasteiger partial charge on any atom is -0.506 e. The number of carbonyl (C=O) groups is 2. The Labute approximate surface area is 164 Å². The molecule has 3 aromatic carbocycles. The highest BCUT2D eigenvalue weighted by atomic mass is 16.3. The molecule has 28 heavy (non-hydrogen) atoms. The molecule has 0 aromatic heterocycles. The van der Waals surface area contributed by atoms with Crippen molar-refractivity contribution in [3.05, 3.63) is 77.4 Å². The summed E-state index contributed by atoms with van der Waals surface area (Å²) in [5, 5.41) is 12.8. The minimum absolute atomic E-state index is 0.0253. The predicted molar refractivity (Wildman–Crippen MR) is 112 cm³/mol. The van der Waals surface area contributed by atoms with Crippen LogP contribution in [0.1, 0.15) is 21.5 Å². The number of nitrogens with zero attached hydrogens (tertiary/aromatic N) is 1. The second-order valence-corrected chi connectivity index (χ2v) is 6.69. The maximum atomic E-state index is 13.1. The van der Waals surface area contributed by atoms with E-state index in [1.807, 2.05) is 50.2 Å². The lowest BCUT2D eigenvalue weighted by Gasteiger charge is -2.21. The number of hydrogen-bond donors (Lipinski definition) is 2. The molecule has 0 unspecified atom stereocenters. The van der Waals surface area contributed by atoms with Gasteiger partial charge < -0.3 is 15.3 Å². The first-order valence-corrected chi connectivity index (χ1v) is 8.90. The molecular formula is C23H22N2O3. The molecule has 3 aromatic rings. The summed E-state index contributed by atoms with van der Waals surface area (Å²) in [6, 6.07) is 18.4. The minimum atomic E-state index is -0.333. The van der Waals surface area contributed by atoms with Gasteiger partial charge in [-0.2, -0.15) is 0 Å². The number of phenols is 1. The van der Waals surface area contributed by atoms with Crippen LogP contribution in [0.25, 0.3) is 11.1 Å². The number of amides is 2. The number of aromatic hydroxyl groups is 1. The molecule has 0 radical (unpaired) electrons. The summed E-state index contributed by atoms with van der Waals surface area (Å²) in [6.45, 7) is 3.87. The van der Waals surface area contributed by atoms with E-state index in [0.29, 0.717) is 23.3 Å². The van der Waals surface area contributed by atoms with Gasteiger partial charge in [0.2, 0.25) is 6.41 Å². The van der Waals surface area contributed by atoms with E-state index in [2.05, 4.69) is 5.32 Å². The van der Waals surface area contributed by atoms with Crippen molar-refractivity contribution in [2.24, 2.45) is 0 Å². The molecule has 0 spiro atoms. The highest BCUT2D eigenvalue weighted by Gasteiger charge is 2.20. The Morgan fingerprint density at radius 2 is 1.79 bits per heavy atom. The van der Waals surface area contributed by atoms with Crippen LogP contribution in [0.2, 0.25) is 0 Å². The molecular weight excluding hydrogens is 352 g/mol. The molecule has 5 nitrogen and oxygen atoms in total. The van der Waals surface area contributed by atoms with Crippen molar-refractivity contribution in [2.45, 2.75) is 13.8 Å². The van der Waals surface area contributed by atoms with Crippen molar-refractivity contribution in [3.8, 4) is 16.9 Å². The van der Waals surface area contributed by atoms with Crippen LogP contribution in [0.4, 0.5) is 11.4 Å². The van der Waals surface area contributed by atoms with Crippen LogP contribution >= 0.6 is 0 Å². The fourth-order valence-electron chi connectivity index (χ4n) is 3.19. The Morgan fingerprint density at radius 3 is 2.46 bits per heavy atom. The Bertz CT molecular complexity index is 1040.